The van der Waals surface area contributed by atoms with E-state index in [1.54, 1.807) is 4.90 Å². The minimum absolute atomic E-state index is 0.0955. The largest absolute Gasteiger partial charge is 0.386 e. The number of carbonyl (C=O) groups excluding carboxylic acids is 1. The summed E-state index contributed by atoms with van der Waals surface area (Å²) in [6.45, 7) is 3.01. The number of hydrogen-bond donors (Lipinski definition) is 1. The van der Waals surface area contributed by atoms with Crippen molar-refractivity contribution in [2.24, 2.45) is 0 Å². The van der Waals surface area contributed by atoms with E-state index in [2.05, 4.69) is 15.9 Å². The average molecular weight is 312 g/mol. The number of likely N-dealkylation sites (tertiary alicyclic amines) is 1. The highest BCUT2D eigenvalue weighted by Crippen LogP contribution is 2.26. The zero-order chi connectivity index (χ0) is 13.2. The molecule has 1 saturated heterocycles. The molecule has 0 aliphatic carbocycles. The third-order valence-corrected chi connectivity index (χ3v) is 3.84. The second kappa shape index (κ2) is 5.41. The first-order valence-electron chi connectivity index (χ1n) is 6.27. The molecule has 1 heterocycles. The molecule has 0 spiro atoms. The summed E-state index contributed by atoms with van der Waals surface area (Å²) in [6.07, 6.45) is 2.13. The fourth-order valence-electron chi connectivity index (χ4n) is 2.35. The lowest BCUT2D eigenvalue weighted by Crippen LogP contribution is -2.63. The van der Waals surface area contributed by atoms with Gasteiger partial charge in [0.15, 0.2) is 0 Å². The Morgan fingerprint density at radius 1 is 1.39 bits per heavy atom. The van der Waals surface area contributed by atoms with Crippen molar-refractivity contribution < 1.29 is 9.90 Å². The van der Waals surface area contributed by atoms with Gasteiger partial charge < -0.3 is 10.0 Å². The van der Waals surface area contributed by atoms with Gasteiger partial charge in [-0.2, -0.15) is 0 Å². The summed E-state index contributed by atoms with van der Waals surface area (Å²) in [5, 5.41) is 10.0. The van der Waals surface area contributed by atoms with Gasteiger partial charge in [-0.05, 0) is 24.1 Å². The van der Waals surface area contributed by atoms with Crippen LogP contribution in [0, 0.1) is 0 Å². The van der Waals surface area contributed by atoms with E-state index >= 15 is 0 Å². The standard InChI is InChI=1S/C14H18BrNO2/c1-2-7-14(18)9-16(10-14)13(17)8-11-3-5-12(15)6-4-11/h3-6,18H,2,7-10H2,1H3. The molecule has 2 rings (SSSR count). The van der Waals surface area contributed by atoms with E-state index in [1.165, 1.54) is 0 Å². The van der Waals surface area contributed by atoms with Crippen LogP contribution in [0.3, 0.4) is 0 Å². The zero-order valence-corrected chi connectivity index (χ0v) is 12.1. The summed E-state index contributed by atoms with van der Waals surface area (Å²) in [4.78, 5) is 13.7. The average Bonchev–Trinajstić information content (AvgIpc) is 2.29. The van der Waals surface area contributed by atoms with E-state index in [9.17, 15) is 9.90 Å². The van der Waals surface area contributed by atoms with E-state index in [1.807, 2.05) is 31.2 Å². The van der Waals surface area contributed by atoms with E-state index in [0.717, 1.165) is 22.9 Å². The second-order valence-electron chi connectivity index (χ2n) is 5.03. The molecule has 3 nitrogen and oxygen atoms in total. The molecule has 0 aromatic heterocycles. The van der Waals surface area contributed by atoms with Crippen molar-refractivity contribution in [1.29, 1.82) is 0 Å². The lowest BCUT2D eigenvalue weighted by molar-refractivity contribution is -0.155. The molecular weight excluding hydrogens is 294 g/mol. The summed E-state index contributed by atoms with van der Waals surface area (Å²) in [7, 11) is 0. The van der Waals surface area contributed by atoms with Gasteiger partial charge in [-0.1, -0.05) is 41.4 Å². The minimum Gasteiger partial charge on any atom is -0.386 e. The Labute approximate surface area is 116 Å². The SMILES string of the molecule is CCCC1(O)CN(C(=O)Cc2ccc(Br)cc2)C1. The van der Waals surface area contributed by atoms with Crippen LogP contribution in [0.4, 0.5) is 0 Å². The Kier molecular flexibility index (Phi) is 4.07. The molecule has 1 aliphatic rings. The number of aliphatic hydroxyl groups is 1. The van der Waals surface area contributed by atoms with Crippen molar-refractivity contribution in [3.05, 3.63) is 34.3 Å². The Morgan fingerprint density at radius 3 is 2.56 bits per heavy atom. The second-order valence-corrected chi connectivity index (χ2v) is 5.94. The number of β-amino-alcohol motifs (C(OH)–C–C–N with tert-alkyl or cyclic N) is 1. The van der Waals surface area contributed by atoms with Gasteiger partial charge in [0.2, 0.25) is 5.91 Å². The van der Waals surface area contributed by atoms with Gasteiger partial charge in [0.1, 0.15) is 0 Å². The monoisotopic (exact) mass is 311 g/mol. The van der Waals surface area contributed by atoms with Crippen LogP contribution in [0.25, 0.3) is 0 Å². The Bertz CT molecular complexity index is 424. The molecule has 1 N–H and O–H groups in total. The van der Waals surface area contributed by atoms with Crippen LogP contribution in [0.5, 0.6) is 0 Å². The first-order valence-corrected chi connectivity index (χ1v) is 7.06. The predicted molar refractivity (Wildman–Crippen MR) is 74.3 cm³/mol. The maximum Gasteiger partial charge on any atom is 0.227 e. The number of hydrogen-bond acceptors (Lipinski definition) is 2. The minimum atomic E-state index is -0.635. The van der Waals surface area contributed by atoms with Crippen LogP contribution >= 0.6 is 15.9 Å². The molecule has 0 bridgehead atoms. The summed E-state index contributed by atoms with van der Waals surface area (Å²) in [5.41, 5.74) is 0.374. The maximum atomic E-state index is 12.0. The third-order valence-electron chi connectivity index (χ3n) is 3.31. The number of nitrogens with zero attached hydrogens (tertiary/aromatic N) is 1. The number of carbonyl (C=O) groups is 1. The van der Waals surface area contributed by atoms with Crippen molar-refractivity contribution in [2.45, 2.75) is 31.8 Å². The first-order chi connectivity index (χ1) is 8.52. The van der Waals surface area contributed by atoms with Gasteiger partial charge in [-0.15, -0.1) is 0 Å². The van der Waals surface area contributed by atoms with E-state index in [0.29, 0.717) is 19.5 Å². The number of benzene rings is 1. The van der Waals surface area contributed by atoms with Crippen LogP contribution in [0.1, 0.15) is 25.3 Å². The molecule has 0 unspecified atom stereocenters. The van der Waals surface area contributed by atoms with Gasteiger partial charge in [0.05, 0.1) is 25.1 Å². The third kappa shape index (κ3) is 3.12. The maximum absolute atomic E-state index is 12.0. The number of halogens is 1. The highest BCUT2D eigenvalue weighted by atomic mass is 79.9. The van der Waals surface area contributed by atoms with Crippen molar-refractivity contribution >= 4 is 21.8 Å². The molecule has 18 heavy (non-hydrogen) atoms. The van der Waals surface area contributed by atoms with Gasteiger partial charge in [-0.3, -0.25) is 4.79 Å². The van der Waals surface area contributed by atoms with Crippen LogP contribution in [-0.2, 0) is 11.2 Å². The van der Waals surface area contributed by atoms with E-state index in [-0.39, 0.29) is 5.91 Å². The fraction of sp³-hybridized carbons (Fsp3) is 0.500. The molecule has 0 radical (unpaired) electrons. The van der Waals surface area contributed by atoms with Gasteiger partial charge in [0.25, 0.3) is 0 Å². The molecule has 0 atom stereocenters. The van der Waals surface area contributed by atoms with E-state index < -0.39 is 5.60 Å². The summed E-state index contributed by atoms with van der Waals surface area (Å²) >= 11 is 3.37. The van der Waals surface area contributed by atoms with Gasteiger partial charge in [0, 0.05) is 4.47 Å². The molecule has 4 heteroatoms. The topological polar surface area (TPSA) is 40.5 Å². The number of amides is 1. The molecule has 1 amide bonds. The zero-order valence-electron chi connectivity index (χ0n) is 10.5. The lowest BCUT2D eigenvalue weighted by atomic mass is 9.89. The van der Waals surface area contributed by atoms with Crippen LogP contribution < -0.4 is 0 Å². The van der Waals surface area contributed by atoms with E-state index in [4.69, 9.17) is 0 Å². The van der Waals surface area contributed by atoms with Crippen molar-refractivity contribution in [3.8, 4) is 0 Å². The lowest BCUT2D eigenvalue weighted by Gasteiger charge is -2.46. The first kappa shape index (κ1) is 13.6. The molecule has 1 aliphatic heterocycles. The molecule has 1 fully saturated rings. The number of rotatable bonds is 4. The summed E-state index contributed by atoms with van der Waals surface area (Å²) in [6, 6.07) is 7.76. The normalized spacial score (nSPS) is 17.4. The molecule has 1 aromatic carbocycles. The quantitative estimate of drug-likeness (QED) is 0.927. The summed E-state index contributed by atoms with van der Waals surface area (Å²) < 4.78 is 1.01. The van der Waals surface area contributed by atoms with Gasteiger partial charge in [-0.25, -0.2) is 0 Å². The van der Waals surface area contributed by atoms with Crippen molar-refractivity contribution in [3.63, 3.8) is 0 Å². The van der Waals surface area contributed by atoms with Crippen molar-refractivity contribution in [1.82, 2.24) is 4.90 Å². The van der Waals surface area contributed by atoms with Crippen molar-refractivity contribution in [2.75, 3.05) is 13.1 Å². The van der Waals surface area contributed by atoms with Crippen LogP contribution in [-0.4, -0.2) is 34.6 Å². The highest BCUT2D eigenvalue weighted by molar-refractivity contribution is 9.10. The Balaban J connectivity index is 1.85. The Morgan fingerprint density at radius 2 is 2.00 bits per heavy atom. The van der Waals surface area contributed by atoms with Crippen LogP contribution in [0.15, 0.2) is 28.7 Å². The molecule has 0 saturated carbocycles. The molecule has 98 valence electrons. The highest BCUT2D eigenvalue weighted by Gasteiger charge is 2.42. The molecular formula is C14H18BrNO2. The Hall–Kier alpha value is -0.870. The van der Waals surface area contributed by atoms with Gasteiger partial charge >= 0.3 is 0 Å². The van der Waals surface area contributed by atoms with Crippen LogP contribution in [0.2, 0.25) is 0 Å². The molecule has 1 aromatic rings. The fourth-order valence-corrected chi connectivity index (χ4v) is 2.62. The predicted octanol–water partition coefficient (Wildman–Crippen LogP) is 2.37. The summed E-state index contributed by atoms with van der Waals surface area (Å²) in [5.74, 6) is 0.0955. The smallest absolute Gasteiger partial charge is 0.227 e.